The lowest BCUT2D eigenvalue weighted by Gasteiger charge is -2.03. The highest BCUT2D eigenvalue weighted by atomic mass is 32.1. The summed E-state index contributed by atoms with van der Waals surface area (Å²) in [6.07, 6.45) is 1.65. The Bertz CT molecular complexity index is 832. The van der Waals surface area contributed by atoms with E-state index in [1.165, 1.54) is 11.3 Å². The van der Waals surface area contributed by atoms with E-state index < -0.39 is 0 Å². The van der Waals surface area contributed by atoms with Gasteiger partial charge in [0.2, 0.25) is 5.88 Å². The number of aryl methyl sites for hydroxylation is 1. The molecule has 2 heterocycles. The average molecular weight is 340 g/mol. The van der Waals surface area contributed by atoms with E-state index in [2.05, 4.69) is 20.6 Å². The van der Waals surface area contributed by atoms with Gasteiger partial charge in [-0.15, -0.1) is 0 Å². The molecule has 0 spiro atoms. The molecule has 2 aromatic heterocycles. The number of benzene rings is 1. The Morgan fingerprint density at radius 3 is 2.58 bits per heavy atom. The Morgan fingerprint density at radius 1 is 1.12 bits per heavy atom. The van der Waals surface area contributed by atoms with Gasteiger partial charge in [-0.25, -0.2) is 9.97 Å². The third-order valence-electron chi connectivity index (χ3n) is 3.23. The van der Waals surface area contributed by atoms with Gasteiger partial charge in [0.05, 0.1) is 24.7 Å². The van der Waals surface area contributed by atoms with Crippen molar-refractivity contribution in [3.05, 3.63) is 59.2 Å². The number of methoxy groups -OCH3 is 1. The number of hydrogen-bond donors (Lipinski definition) is 2. The Labute approximate surface area is 143 Å². The van der Waals surface area contributed by atoms with Gasteiger partial charge in [-0.3, -0.25) is 4.79 Å². The molecule has 0 unspecified atom stereocenters. The topological polar surface area (TPSA) is 76.1 Å². The maximum atomic E-state index is 12.4. The second-order valence-corrected chi connectivity index (χ2v) is 5.97. The van der Waals surface area contributed by atoms with Crippen molar-refractivity contribution >= 4 is 33.8 Å². The first-order valence-corrected chi connectivity index (χ1v) is 8.08. The molecular formula is C17H16N4O2S. The number of carbonyl (C=O) groups excluding carboxylic acids is 1. The van der Waals surface area contributed by atoms with Crippen LogP contribution in [0.1, 0.15) is 15.4 Å². The van der Waals surface area contributed by atoms with Crippen LogP contribution in [0, 0.1) is 6.92 Å². The van der Waals surface area contributed by atoms with Gasteiger partial charge in [-0.1, -0.05) is 29.5 Å². The van der Waals surface area contributed by atoms with Gasteiger partial charge in [0.15, 0.2) is 5.13 Å². The van der Waals surface area contributed by atoms with E-state index in [4.69, 9.17) is 4.74 Å². The quantitative estimate of drug-likeness (QED) is 0.738. The number of amides is 1. The zero-order chi connectivity index (χ0) is 16.9. The van der Waals surface area contributed by atoms with Crippen molar-refractivity contribution < 1.29 is 9.53 Å². The maximum absolute atomic E-state index is 12.4. The molecule has 0 saturated carbocycles. The van der Waals surface area contributed by atoms with Crippen LogP contribution >= 0.6 is 11.3 Å². The number of nitrogens with zero attached hydrogens (tertiary/aromatic N) is 2. The van der Waals surface area contributed by atoms with Crippen LogP contribution in [0.25, 0.3) is 0 Å². The Hall–Kier alpha value is -2.93. The van der Waals surface area contributed by atoms with Crippen molar-refractivity contribution in [2.24, 2.45) is 0 Å². The predicted octanol–water partition coefficient (Wildman–Crippen LogP) is 3.85. The Balaban J connectivity index is 1.73. The number of ether oxygens (including phenoxy) is 1. The van der Waals surface area contributed by atoms with Crippen LogP contribution in [0.3, 0.4) is 0 Å². The van der Waals surface area contributed by atoms with Crippen LogP contribution < -0.4 is 15.4 Å². The van der Waals surface area contributed by atoms with Crippen molar-refractivity contribution in [1.29, 1.82) is 0 Å². The minimum atomic E-state index is -0.169. The number of carbonyl (C=O) groups is 1. The molecule has 0 atom stereocenters. The molecule has 3 aromatic rings. The fourth-order valence-electron chi connectivity index (χ4n) is 2.07. The van der Waals surface area contributed by atoms with E-state index in [0.29, 0.717) is 21.6 Å². The summed E-state index contributed by atoms with van der Waals surface area (Å²) in [5.74, 6) is 0.371. The highest BCUT2D eigenvalue weighted by Crippen LogP contribution is 2.26. The van der Waals surface area contributed by atoms with E-state index in [1.807, 2.05) is 43.3 Å². The summed E-state index contributed by atoms with van der Waals surface area (Å²) < 4.78 is 5.03. The zero-order valence-corrected chi connectivity index (χ0v) is 14.1. The van der Waals surface area contributed by atoms with Crippen LogP contribution in [0.5, 0.6) is 5.88 Å². The number of aromatic nitrogens is 2. The maximum Gasteiger partial charge on any atom is 0.267 e. The van der Waals surface area contributed by atoms with Crippen LogP contribution in [0.4, 0.5) is 16.5 Å². The molecule has 122 valence electrons. The van der Waals surface area contributed by atoms with E-state index in [-0.39, 0.29) is 5.91 Å². The SMILES string of the molecule is COc1ccc(Nc2nc(C)c(C(=O)Nc3ccccc3)s2)cn1. The van der Waals surface area contributed by atoms with Crippen molar-refractivity contribution in [2.75, 3.05) is 17.7 Å². The highest BCUT2D eigenvalue weighted by molar-refractivity contribution is 7.17. The van der Waals surface area contributed by atoms with Gasteiger partial charge < -0.3 is 15.4 Å². The molecule has 0 fully saturated rings. The summed E-state index contributed by atoms with van der Waals surface area (Å²) in [5, 5.41) is 6.65. The number of para-hydroxylation sites is 1. The van der Waals surface area contributed by atoms with E-state index in [1.54, 1.807) is 19.4 Å². The number of nitrogens with one attached hydrogen (secondary N) is 2. The summed E-state index contributed by atoms with van der Waals surface area (Å²) in [6.45, 7) is 1.81. The second-order valence-electron chi connectivity index (χ2n) is 4.97. The molecule has 0 radical (unpaired) electrons. The molecule has 24 heavy (non-hydrogen) atoms. The van der Waals surface area contributed by atoms with Gasteiger partial charge in [0.1, 0.15) is 4.88 Å². The largest absolute Gasteiger partial charge is 0.481 e. The van der Waals surface area contributed by atoms with E-state index in [0.717, 1.165) is 11.4 Å². The lowest BCUT2D eigenvalue weighted by molar-refractivity contribution is 0.103. The third-order valence-corrected chi connectivity index (χ3v) is 4.30. The van der Waals surface area contributed by atoms with Crippen molar-refractivity contribution in [2.45, 2.75) is 6.92 Å². The van der Waals surface area contributed by atoms with Gasteiger partial charge in [-0.05, 0) is 25.1 Å². The van der Waals surface area contributed by atoms with Crippen LogP contribution in [-0.4, -0.2) is 23.0 Å². The number of thiazole rings is 1. The molecule has 0 aliphatic carbocycles. The van der Waals surface area contributed by atoms with Crippen LogP contribution in [-0.2, 0) is 0 Å². The molecule has 2 N–H and O–H groups in total. The lowest BCUT2D eigenvalue weighted by Crippen LogP contribution is -2.11. The van der Waals surface area contributed by atoms with Crippen LogP contribution in [0.2, 0.25) is 0 Å². The minimum absolute atomic E-state index is 0.169. The van der Waals surface area contributed by atoms with Crippen molar-refractivity contribution in [3.8, 4) is 5.88 Å². The van der Waals surface area contributed by atoms with Gasteiger partial charge >= 0.3 is 0 Å². The highest BCUT2D eigenvalue weighted by Gasteiger charge is 2.15. The predicted molar refractivity (Wildman–Crippen MR) is 95.3 cm³/mol. The minimum Gasteiger partial charge on any atom is -0.481 e. The first kappa shape index (κ1) is 15.9. The fraction of sp³-hybridized carbons (Fsp3) is 0.118. The number of pyridine rings is 1. The molecule has 0 bridgehead atoms. The number of anilines is 3. The first-order chi connectivity index (χ1) is 11.7. The van der Waals surface area contributed by atoms with Crippen LogP contribution in [0.15, 0.2) is 48.7 Å². The molecule has 3 rings (SSSR count). The molecule has 1 amide bonds. The normalized spacial score (nSPS) is 10.2. The molecule has 1 aromatic carbocycles. The van der Waals surface area contributed by atoms with Gasteiger partial charge in [0.25, 0.3) is 5.91 Å². The Kier molecular flexibility index (Phi) is 4.72. The fourth-order valence-corrected chi connectivity index (χ4v) is 2.95. The monoisotopic (exact) mass is 340 g/mol. The second kappa shape index (κ2) is 7.10. The van der Waals surface area contributed by atoms with Crippen molar-refractivity contribution in [1.82, 2.24) is 9.97 Å². The molecule has 6 nitrogen and oxygen atoms in total. The third kappa shape index (κ3) is 3.69. The van der Waals surface area contributed by atoms with Crippen molar-refractivity contribution in [3.63, 3.8) is 0 Å². The standard InChI is InChI=1S/C17H16N4O2S/c1-11-15(16(22)20-12-6-4-3-5-7-12)24-17(19-11)21-13-8-9-14(23-2)18-10-13/h3-10H,1-2H3,(H,19,21)(H,20,22). The molecule has 7 heteroatoms. The summed E-state index contributed by atoms with van der Waals surface area (Å²) >= 11 is 1.30. The smallest absolute Gasteiger partial charge is 0.267 e. The Morgan fingerprint density at radius 2 is 1.92 bits per heavy atom. The van der Waals surface area contributed by atoms with E-state index >= 15 is 0 Å². The summed E-state index contributed by atoms with van der Waals surface area (Å²) in [5.41, 5.74) is 2.21. The van der Waals surface area contributed by atoms with E-state index in [9.17, 15) is 4.79 Å². The summed E-state index contributed by atoms with van der Waals surface area (Å²) in [7, 11) is 1.57. The average Bonchev–Trinajstić information content (AvgIpc) is 2.97. The summed E-state index contributed by atoms with van der Waals surface area (Å²) in [4.78, 5) is 21.5. The molecular weight excluding hydrogens is 324 g/mol. The first-order valence-electron chi connectivity index (χ1n) is 7.26. The molecule has 0 aliphatic rings. The van der Waals surface area contributed by atoms with Gasteiger partial charge in [-0.2, -0.15) is 0 Å². The zero-order valence-electron chi connectivity index (χ0n) is 13.2. The lowest BCUT2D eigenvalue weighted by atomic mass is 10.3. The van der Waals surface area contributed by atoms with Gasteiger partial charge in [0, 0.05) is 11.8 Å². The molecule has 0 saturated heterocycles. The number of hydrogen-bond acceptors (Lipinski definition) is 6. The summed E-state index contributed by atoms with van der Waals surface area (Å²) in [6, 6.07) is 12.9. The number of rotatable bonds is 5. The molecule has 0 aliphatic heterocycles.